The first kappa shape index (κ1) is 20.6. The molecule has 4 aliphatic rings. The van der Waals surface area contributed by atoms with Gasteiger partial charge in [0.05, 0.1) is 0 Å². The van der Waals surface area contributed by atoms with Gasteiger partial charge in [-0.2, -0.15) is 0 Å². The lowest BCUT2D eigenvalue weighted by Gasteiger charge is -2.65. The lowest BCUT2D eigenvalue weighted by Crippen LogP contribution is -2.56. The third-order valence-corrected chi connectivity index (χ3v) is 8.23. The van der Waals surface area contributed by atoms with Crippen LogP contribution in [0.15, 0.2) is 42.5 Å². The first-order chi connectivity index (χ1) is 14.6. The van der Waals surface area contributed by atoms with E-state index in [4.69, 9.17) is 16.7 Å². The van der Waals surface area contributed by atoms with Crippen molar-refractivity contribution in [1.29, 1.82) is 0 Å². The molecule has 0 aliphatic heterocycles. The second-order valence-corrected chi connectivity index (χ2v) is 11.5. The predicted molar refractivity (Wildman–Crippen MR) is 124 cm³/mol. The number of hydrogen-bond acceptors (Lipinski definition) is 2. The highest BCUT2D eigenvalue weighted by Gasteiger charge is 2.61. The number of carboxylic acids is 1. The van der Waals surface area contributed by atoms with Crippen molar-refractivity contribution >= 4 is 23.6 Å². The molecule has 2 aromatic rings. The van der Waals surface area contributed by atoms with Crippen molar-refractivity contribution in [2.24, 2.45) is 16.7 Å². The summed E-state index contributed by atoms with van der Waals surface area (Å²) in [5.41, 5.74) is 4.50. The molecule has 2 atom stereocenters. The molecule has 0 spiro atoms. The highest BCUT2D eigenvalue weighted by atomic mass is 35.5. The molecule has 31 heavy (non-hydrogen) atoms. The van der Waals surface area contributed by atoms with Crippen LogP contribution < -0.4 is 0 Å². The molecule has 4 saturated carbocycles. The second kappa shape index (κ2) is 6.87. The van der Waals surface area contributed by atoms with E-state index in [1.165, 1.54) is 31.8 Å². The maximum atomic E-state index is 10.9. The molecule has 4 aliphatic carbocycles. The van der Waals surface area contributed by atoms with Crippen molar-refractivity contribution < 1.29 is 15.0 Å². The summed E-state index contributed by atoms with van der Waals surface area (Å²) >= 11 is 6.59. The normalized spacial score (nSPS) is 33.8. The standard InChI is InChI=1S/C27H29ClO3/c1-25-11-18-12-26(2,14-25)16-27(13-18,15-25)21-10-19(5-7-23(21)29)20-6-3-17(9-22(20)28)4-8-24(30)31/h3-10,18,29H,11-16H2,1-2H3,(H,30,31)/b8-4+. The maximum absolute atomic E-state index is 10.9. The number of phenols is 1. The van der Waals surface area contributed by atoms with Gasteiger partial charge in [-0.1, -0.05) is 43.6 Å². The Balaban J connectivity index is 1.55. The van der Waals surface area contributed by atoms with Crippen molar-refractivity contribution in [3.8, 4) is 16.9 Å². The Bertz CT molecular complexity index is 1080. The van der Waals surface area contributed by atoms with Crippen molar-refractivity contribution in [2.75, 3.05) is 0 Å². The average molecular weight is 437 g/mol. The Morgan fingerprint density at radius 3 is 2.35 bits per heavy atom. The predicted octanol–water partition coefficient (Wildman–Crippen LogP) is 7.06. The summed E-state index contributed by atoms with van der Waals surface area (Å²) in [6.45, 7) is 4.90. The van der Waals surface area contributed by atoms with Crippen molar-refractivity contribution in [3.63, 3.8) is 0 Å². The minimum Gasteiger partial charge on any atom is -0.508 e. The number of carboxylic acid groups (broad SMARTS) is 1. The molecule has 4 bridgehead atoms. The first-order valence-electron chi connectivity index (χ1n) is 11.1. The highest BCUT2D eigenvalue weighted by molar-refractivity contribution is 6.33. The van der Waals surface area contributed by atoms with E-state index in [0.717, 1.165) is 47.1 Å². The molecule has 6 rings (SSSR count). The lowest BCUT2D eigenvalue weighted by atomic mass is 9.39. The molecule has 0 aromatic heterocycles. The molecular formula is C27H29ClO3. The second-order valence-electron chi connectivity index (χ2n) is 11.1. The molecule has 0 saturated heterocycles. The average Bonchev–Trinajstić information content (AvgIpc) is 2.64. The fourth-order valence-corrected chi connectivity index (χ4v) is 8.21. The minimum absolute atomic E-state index is 0.0413. The first-order valence-corrected chi connectivity index (χ1v) is 11.5. The molecule has 4 fully saturated rings. The summed E-state index contributed by atoms with van der Waals surface area (Å²) in [6.07, 6.45) is 10.1. The Morgan fingerprint density at radius 1 is 1.03 bits per heavy atom. The van der Waals surface area contributed by atoms with E-state index in [1.54, 1.807) is 6.07 Å². The molecule has 2 aromatic carbocycles. The van der Waals surface area contributed by atoms with Gasteiger partial charge < -0.3 is 10.2 Å². The molecule has 0 amide bonds. The van der Waals surface area contributed by atoms with Crippen molar-refractivity contribution in [2.45, 2.75) is 57.8 Å². The fraction of sp³-hybridized carbons (Fsp3) is 0.444. The minimum atomic E-state index is -0.985. The summed E-state index contributed by atoms with van der Waals surface area (Å²) in [5, 5.41) is 20.4. The van der Waals surface area contributed by atoms with Crippen LogP contribution in [-0.2, 0) is 10.2 Å². The Morgan fingerprint density at radius 2 is 1.74 bits per heavy atom. The van der Waals surface area contributed by atoms with E-state index < -0.39 is 5.97 Å². The zero-order chi connectivity index (χ0) is 22.0. The smallest absolute Gasteiger partial charge is 0.328 e. The van der Waals surface area contributed by atoms with Gasteiger partial charge in [-0.15, -0.1) is 0 Å². The van der Waals surface area contributed by atoms with Gasteiger partial charge in [-0.25, -0.2) is 4.79 Å². The number of halogens is 1. The van der Waals surface area contributed by atoms with E-state index >= 15 is 0 Å². The van der Waals surface area contributed by atoms with Gasteiger partial charge in [-0.05, 0) is 90.7 Å². The molecule has 0 heterocycles. The summed E-state index contributed by atoms with van der Waals surface area (Å²) in [7, 11) is 0. The summed E-state index contributed by atoms with van der Waals surface area (Å²) in [5.74, 6) is 0.162. The van der Waals surface area contributed by atoms with Crippen LogP contribution in [0.1, 0.15) is 63.5 Å². The lowest BCUT2D eigenvalue weighted by molar-refractivity contribution is -0.131. The number of benzene rings is 2. The SMILES string of the molecule is CC12CC3CC(C)(C1)CC(c1cc(-c4ccc(/C=C/C(=O)O)cc4Cl)ccc1O)(C3)C2. The molecule has 2 unspecified atom stereocenters. The van der Waals surface area contributed by atoms with E-state index in [0.29, 0.717) is 21.6 Å². The monoisotopic (exact) mass is 436 g/mol. The van der Waals surface area contributed by atoms with Gasteiger partial charge in [0, 0.05) is 27.6 Å². The number of aliphatic carboxylic acids is 1. The number of rotatable bonds is 4. The van der Waals surface area contributed by atoms with Crippen LogP contribution >= 0.6 is 11.6 Å². The van der Waals surface area contributed by atoms with Crippen LogP contribution in [0, 0.1) is 16.7 Å². The van der Waals surface area contributed by atoms with Crippen LogP contribution in [0.4, 0.5) is 0 Å². The Labute approximate surface area is 188 Å². The largest absolute Gasteiger partial charge is 0.508 e. The summed E-state index contributed by atoms with van der Waals surface area (Å²) < 4.78 is 0. The van der Waals surface area contributed by atoms with E-state index in [2.05, 4.69) is 19.9 Å². The van der Waals surface area contributed by atoms with Gasteiger partial charge in [0.1, 0.15) is 5.75 Å². The van der Waals surface area contributed by atoms with Crippen LogP contribution in [-0.4, -0.2) is 16.2 Å². The van der Waals surface area contributed by atoms with Gasteiger partial charge in [-0.3, -0.25) is 0 Å². The van der Waals surface area contributed by atoms with Gasteiger partial charge in [0.25, 0.3) is 0 Å². The Kier molecular flexibility index (Phi) is 4.57. The quantitative estimate of drug-likeness (QED) is 0.504. The molecule has 3 nitrogen and oxygen atoms in total. The number of phenolic OH excluding ortho intramolecular Hbond substituents is 1. The van der Waals surface area contributed by atoms with E-state index in [-0.39, 0.29) is 5.41 Å². The molecule has 4 heteroatoms. The van der Waals surface area contributed by atoms with Crippen molar-refractivity contribution in [1.82, 2.24) is 0 Å². The zero-order valence-electron chi connectivity index (χ0n) is 18.1. The van der Waals surface area contributed by atoms with E-state index in [1.807, 2.05) is 24.3 Å². The number of hydrogen-bond donors (Lipinski definition) is 2. The van der Waals surface area contributed by atoms with Gasteiger partial charge in [0.15, 0.2) is 0 Å². The van der Waals surface area contributed by atoms with Gasteiger partial charge in [0.2, 0.25) is 0 Å². The third-order valence-electron chi connectivity index (χ3n) is 7.92. The highest BCUT2D eigenvalue weighted by Crippen LogP contribution is 2.70. The number of aromatic hydroxyl groups is 1. The number of carbonyl (C=O) groups is 1. The zero-order valence-corrected chi connectivity index (χ0v) is 18.9. The summed E-state index contributed by atoms with van der Waals surface area (Å²) in [4.78, 5) is 10.8. The van der Waals surface area contributed by atoms with Crippen LogP contribution in [0.2, 0.25) is 5.02 Å². The molecule has 2 N–H and O–H groups in total. The third kappa shape index (κ3) is 3.57. The van der Waals surface area contributed by atoms with Crippen LogP contribution in [0.5, 0.6) is 5.75 Å². The van der Waals surface area contributed by atoms with Crippen LogP contribution in [0.3, 0.4) is 0 Å². The topological polar surface area (TPSA) is 57.5 Å². The van der Waals surface area contributed by atoms with Crippen molar-refractivity contribution in [3.05, 3.63) is 58.6 Å². The molecule has 162 valence electrons. The van der Waals surface area contributed by atoms with Gasteiger partial charge >= 0.3 is 5.97 Å². The van der Waals surface area contributed by atoms with Crippen LogP contribution in [0.25, 0.3) is 17.2 Å². The maximum Gasteiger partial charge on any atom is 0.328 e. The molecular weight excluding hydrogens is 408 g/mol. The van der Waals surface area contributed by atoms with E-state index in [9.17, 15) is 9.90 Å². The summed E-state index contributed by atoms with van der Waals surface area (Å²) in [6, 6.07) is 11.5. The Hall–Kier alpha value is -2.26. The molecule has 0 radical (unpaired) electrons. The fourth-order valence-electron chi connectivity index (χ4n) is 7.91.